The summed E-state index contributed by atoms with van der Waals surface area (Å²) in [7, 11) is 2.98. The number of ketones is 1. The van der Waals surface area contributed by atoms with E-state index in [1.165, 1.54) is 27.2 Å². The number of nitro groups is 1. The number of esters is 2. The highest BCUT2D eigenvalue weighted by Gasteiger charge is 2.78. The van der Waals surface area contributed by atoms with Crippen molar-refractivity contribution >= 4 is 17.7 Å². The van der Waals surface area contributed by atoms with Crippen molar-refractivity contribution in [1.29, 1.82) is 0 Å². The number of rotatable bonds is 18. The summed E-state index contributed by atoms with van der Waals surface area (Å²) in [6.07, 6.45) is 5.09. The monoisotopic (exact) mass is 669 g/mol. The summed E-state index contributed by atoms with van der Waals surface area (Å²) in [4.78, 5) is 52.3. The molecule has 4 aliphatic carbocycles. The Bertz CT molecular complexity index is 1380. The molecular formula is C36H47NO11. The number of Topliss-reactive ketones (excluding diaryl/α,β-unsaturated/α-hetero) is 1. The van der Waals surface area contributed by atoms with E-state index in [-0.39, 0.29) is 45.4 Å². The van der Waals surface area contributed by atoms with Gasteiger partial charge in [0.25, 0.3) is 0 Å². The third-order valence-corrected chi connectivity index (χ3v) is 10.5. The van der Waals surface area contributed by atoms with Crippen molar-refractivity contribution in [3.8, 4) is 0 Å². The van der Waals surface area contributed by atoms with Gasteiger partial charge in [-0.1, -0.05) is 36.4 Å². The lowest BCUT2D eigenvalue weighted by Crippen LogP contribution is -2.75. The van der Waals surface area contributed by atoms with Crippen LogP contribution < -0.4 is 0 Å². The second-order valence-corrected chi connectivity index (χ2v) is 12.9. The summed E-state index contributed by atoms with van der Waals surface area (Å²) < 4.78 is 34.7. The van der Waals surface area contributed by atoms with E-state index in [1.54, 1.807) is 36.4 Å². The van der Waals surface area contributed by atoms with Gasteiger partial charge in [0.15, 0.2) is 5.78 Å². The van der Waals surface area contributed by atoms with E-state index >= 15 is 4.79 Å². The van der Waals surface area contributed by atoms with Crippen molar-refractivity contribution in [2.24, 2.45) is 28.1 Å². The normalized spacial score (nSPS) is 31.2. The van der Waals surface area contributed by atoms with Crippen LogP contribution in [0, 0.1) is 38.2 Å². The lowest BCUT2D eigenvalue weighted by molar-refractivity contribution is -0.403. The average Bonchev–Trinajstić information content (AvgIpc) is 3.45. The Morgan fingerprint density at radius 1 is 1.08 bits per heavy atom. The predicted molar refractivity (Wildman–Crippen MR) is 174 cm³/mol. The molecule has 4 aliphatic rings. The number of methoxy groups -OCH3 is 2. The van der Waals surface area contributed by atoms with Gasteiger partial charge in [-0.15, -0.1) is 6.58 Å². The first-order chi connectivity index (χ1) is 23.0. The Morgan fingerprint density at radius 3 is 2.44 bits per heavy atom. The van der Waals surface area contributed by atoms with Crippen LogP contribution in [0.1, 0.15) is 62.2 Å². The SMILES string of the molecule is C=CC[C@@H]1[C@@H](OCOC)[C@@]2(/C=C/[N+](=O)[O-])CC[C@]1(COC(=O)c1ccccc1)[C@@](CCCOC(C)=O)([C@@H]1C(=C)CC[C@H]1OCOC)C2=O. The van der Waals surface area contributed by atoms with E-state index in [4.69, 9.17) is 28.4 Å². The average molecular weight is 670 g/mol. The molecule has 12 nitrogen and oxygen atoms in total. The minimum atomic E-state index is -1.44. The Balaban J connectivity index is 2.00. The van der Waals surface area contributed by atoms with Crippen LogP contribution in [0.15, 0.2) is 67.4 Å². The molecule has 0 unspecified atom stereocenters. The molecule has 0 heterocycles. The maximum Gasteiger partial charge on any atom is 0.338 e. The van der Waals surface area contributed by atoms with Gasteiger partial charge in [-0.25, -0.2) is 4.79 Å². The van der Waals surface area contributed by atoms with E-state index in [9.17, 15) is 19.7 Å². The molecule has 4 fully saturated rings. The van der Waals surface area contributed by atoms with Crippen molar-refractivity contribution < 1.29 is 47.7 Å². The van der Waals surface area contributed by atoms with E-state index in [1.807, 2.05) is 0 Å². The smallest absolute Gasteiger partial charge is 0.338 e. The lowest BCUT2D eigenvalue weighted by atomic mass is 9.33. The summed E-state index contributed by atoms with van der Waals surface area (Å²) in [6, 6.07) is 8.60. The van der Waals surface area contributed by atoms with Gasteiger partial charge in [-0.2, -0.15) is 0 Å². The van der Waals surface area contributed by atoms with E-state index in [0.29, 0.717) is 37.7 Å². The van der Waals surface area contributed by atoms with E-state index in [0.717, 1.165) is 11.8 Å². The first-order valence-corrected chi connectivity index (χ1v) is 16.3. The van der Waals surface area contributed by atoms with Gasteiger partial charge in [0.1, 0.15) is 13.6 Å². The zero-order chi connectivity index (χ0) is 35.0. The molecule has 0 aliphatic heterocycles. The minimum Gasteiger partial charge on any atom is -0.466 e. The maximum absolute atomic E-state index is 15.8. The zero-order valence-corrected chi connectivity index (χ0v) is 28.1. The first-order valence-electron chi connectivity index (χ1n) is 16.3. The summed E-state index contributed by atoms with van der Waals surface area (Å²) in [6.45, 7) is 9.48. The van der Waals surface area contributed by atoms with E-state index < -0.39 is 57.2 Å². The Labute approximate surface area is 281 Å². The zero-order valence-electron chi connectivity index (χ0n) is 28.1. The van der Waals surface area contributed by atoms with Gasteiger partial charge >= 0.3 is 11.9 Å². The molecule has 4 saturated carbocycles. The molecule has 1 aromatic rings. The fraction of sp³-hybridized carbons (Fsp3) is 0.583. The molecule has 0 radical (unpaired) electrons. The third-order valence-electron chi connectivity index (χ3n) is 10.5. The topological polar surface area (TPSA) is 150 Å². The van der Waals surface area contributed by atoms with Crippen LogP contribution in [0.3, 0.4) is 0 Å². The highest BCUT2D eigenvalue weighted by Crippen LogP contribution is 2.73. The summed E-state index contributed by atoms with van der Waals surface area (Å²) in [5, 5.41) is 11.8. The van der Waals surface area contributed by atoms with Crippen molar-refractivity contribution in [2.75, 3.05) is 41.0 Å². The van der Waals surface area contributed by atoms with Crippen LogP contribution in [0.25, 0.3) is 0 Å². The highest BCUT2D eigenvalue weighted by atomic mass is 16.7. The molecule has 262 valence electrons. The third kappa shape index (κ3) is 6.89. The number of benzene rings is 1. The van der Waals surface area contributed by atoms with Gasteiger partial charge in [-0.3, -0.25) is 19.7 Å². The van der Waals surface area contributed by atoms with Gasteiger partial charge in [-0.05, 0) is 63.0 Å². The molecule has 0 spiro atoms. The van der Waals surface area contributed by atoms with Crippen LogP contribution in [0.5, 0.6) is 0 Å². The van der Waals surface area contributed by atoms with Gasteiger partial charge < -0.3 is 28.4 Å². The van der Waals surface area contributed by atoms with Crippen molar-refractivity contribution in [3.63, 3.8) is 0 Å². The summed E-state index contributed by atoms with van der Waals surface area (Å²) in [5.74, 6) is -2.37. The Hall–Kier alpha value is -3.71. The molecule has 0 N–H and O–H groups in total. The molecule has 0 aromatic heterocycles. The molecular weight excluding hydrogens is 622 g/mol. The molecule has 0 amide bonds. The van der Waals surface area contributed by atoms with Gasteiger partial charge in [0.2, 0.25) is 6.20 Å². The molecule has 7 atom stereocenters. The summed E-state index contributed by atoms with van der Waals surface area (Å²) >= 11 is 0. The van der Waals surface area contributed by atoms with Crippen LogP contribution in [0.4, 0.5) is 0 Å². The standard InChI is InChI=1S/C36H47NO11/c1-6-11-28-31(48-24-44-5)34(19-20-37(41)42)17-18-35(28,22-46-32(39)27-12-8-7-9-13-27)36(33(34)40,16-10-21-45-26(3)38)30-25(2)14-15-29(30)47-23-43-4/h6-9,12-13,19-20,28-31H,1-2,10-11,14-18,21-24H2,3-5H3/b20-19+/t28-,29-,30-,31-,34+,35-,36+/m1/s1. The Morgan fingerprint density at radius 2 is 1.79 bits per heavy atom. The van der Waals surface area contributed by atoms with Gasteiger partial charge in [0.05, 0.1) is 41.3 Å². The van der Waals surface area contributed by atoms with Crippen LogP contribution >= 0.6 is 0 Å². The largest absolute Gasteiger partial charge is 0.466 e. The first kappa shape index (κ1) is 37.1. The fourth-order valence-electron chi connectivity index (χ4n) is 8.84. The lowest BCUT2D eigenvalue weighted by Gasteiger charge is -2.69. The second-order valence-electron chi connectivity index (χ2n) is 12.9. The van der Waals surface area contributed by atoms with Crippen molar-refractivity contribution in [2.45, 2.75) is 64.1 Å². The molecule has 12 heteroatoms. The van der Waals surface area contributed by atoms with Crippen LogP contribution in [0.2, 0.25) is 0 Å². The second kappa shape index (κ2) is 16.1. The number of carbonyl (C=O) groups excluding carboxylic acids is 3. The van der Waals surface area contributed by atoms with Crippen LogP contribution in [-0.4, -0.2) is 75.9 Å². The predicted octanol–water partition coefficient (Wildman–Crippen LogP) is 5.45. The fourth-order valence-corrected chi connectivity index (χ4v) is 8.84. The molecule has 48 heavy (non-hydrogen) atoms. The van der Waals surface area contributed by atoms with Crippen molar-refractivity contribution in [1.82, 2.24) is 0 Å². The molecule has 2 bridgehead atoms. The molecule has 1 aromatic carbocycles. The Kier molecular flexibility index (Phi) is 12.5. The number of nitrogens with zero attached hydrogens (tertiary/aromatic N) is 1. The highest BCUT2D eigenvalue weighted by molar-refractivity contribution is 5.97. The van der Waals surface area contributed by atoms with Crippen LogP contribution in [-0.2, 0) is 38.0 Å². The molecule has 0 saturated heterocycles. The van der Waals surface area contributed by atoms with Crippen molar-refractivity contribution in [3.05, 3.63) is 83.1 Å². The number of ether oxygens (including phenoxy) is 6. The maximum atomic E-state index is 15.8. The number of hydrogen-bond acceptors (Lipinski definition) is 11. The number of carbonyl (C=O) groups is 3. The minimum absolute atomic E-state index is 0.0236. The number of allylic oxidation sites excluding steroid dienone is 1. The van der Waals surface area contributed by atoms with Gasteiger partial charge in [0, 0.05) is 44.0 Å². The molecule has 5 rings (SSSR count). The van der Waals surface area contributed by atoms with E-state index in [2.05, 4.69) is 13.2 Å². The number of fused-ring (bicyclic) bond motifs is 3. The quantitative estimate of drug-likeness (QED) is 0.0490. The number of hydrogen-bond donors (Lipinski definition) is 0. The summed E-state index contributed by atoms with van der Waals surface area (Å²) in [5.41, 5.74) is -2.71.